The minimum absolute atomic E-state index is 0.0669. The summed E-state index contributed by atoms with van der Waals surface area (Å²) in [4.78, 5) is 14.5. The largest absolute Gasteiger partial charge is 0.497 e. The van der Waals surface area contributed by atoms with Gasteiger partial charge >= 0.3 is 6.18 Å². The van der Waals surface area contributed by atoms with Crippen molar-refractivity contribution < 1.29 is 27.4 Å². The molecular formula is C22H25F3N2O3. The van der Waals surface area contributed by atoms with Crippen LogP contribution in [0.15, 0.2) is 48.5 Å². The Morgan fingerprint density at radius 2 is 1.87 bits per heavy atom. The second-order valence-electron chi connectivity index (χ2n) is 7.39. The Balaban J connectivity index is 1.72. The average molecular weight is 422 g/mol. The van der Waals surface area contributed by atoms with E-state index < -0.39 is 17.5 Å². The Labute approximate surface area is 173 Å². The molecule has 1 unspecified atom stereocenters. The van der Waals surface area contributed by atoms with Crippen molar-refractivity contribution in [2.45, 2.75) is 25.7 Å². The number of hydrogen-bond acceptors (Lipinski definition) is 4. The number of hydrogen-bond donors (Lipinski definition) is 1. The van der Waals surface area contributed by atoms with Crippen LogP contribution in [0.5, 0.6) is 11.5 Å². The van der Waals surface area contributed by atoms with Crippen LogP contribution in [-0.2, 0) is 17.9 Å². The molecule has 1 aliphatic heterocycles. The van der Waals surface area contributed by atoms with Crippen LogP contribution in [0.1, 0.15) is 17.5 Å². The van der Waals surface area contributed by atoms with Gasteiger partial charge in [-0.05, 0) is 30.7 Å². The van der Waals surface area contributed by atoms with Gasteiger partial charge in [0, 0.05) is 31.3 Å². The third-order valence-electron chi connectivity index (χ3n) is 5.51. The quantitative estimate of drug-likeness (QED) is 0.738. The van der Waals surface area contributed by atoms with Crippen molar-refractivity contribution in [2.24, 2.45) is 5.41 Å². The lowest BCUT2D eigenvalue weighted by atomic mass is 9.85. The van der Waals surface area contributed by atoms with Crippen LogP contribution in [0, 0.1) is 5.41 Å². The number of benzene rings is 2. The third-order valence-corrected chi connectivity index (χ3v) is 5.51. The Morgan fingerprint density at radius 1 is 1.13 bits per heavy atom. The number of nitrogens with one attached hydrogen (secondary N) is 1. The molecule has 1 saturated heterocycles. The highest BCUT2D eigenvalue weighted by Crippen LogP contribution is 2.46. The van der Waals surface area contributed by atoms with Gasteiger partial charge in [0.25, 0.3) is 0 Å². The van der Waals surface area contributed by atoms with Crippen LogP contribution in [0.25, 0.3) is 0 Å². The van der Waals surface area contributed by atoms with Crippen LogP contribution in [0.2, 0.25) is 0 Å². The molecule has 0 spiro atoms. The minimum Gasteiger partial charge on any atom is -0.497 e. The van der Waals surface area contributed by atoms with Crippen molar-refractivity contribution >= 4 is 5.91 Å². The van der Waals surface area contributed by atoms with Crippen molar-refractivity contribution in [1.29, 1.82) is 0 Å². The summed E-state index contributed by atoms with van der Waals surface area (Å²) in [6.07, 6.45) is -4.92. The first kappa shape index (κ1) is 22.0. The maximum Gasteiger partial charge on any atom is 0.404 e. The Morgan fingerprint density at radius 3 is 2.50 bits per heavy atom. The van der Waals surface area contributed by atoms with Gasteiger partial charge in [-0.2, -0.15) is 13.2 Å². The number of likely N-dealkylation sites (tertiary alicyclic amines) is 1. The minimum atomic E-state index is -4.65. The molecule has 30 heavy (non-hydrogen) atoms. The van der Waals surface area contributed by atoms with Crippen molar-refractivity contribution in [3.63, 3.8) is 0 Å². The smallest absolute Gasteiger partial charge is 0.404 e. The van der Waals surface area contributed by atoms with Gasteiger partial charge in [0.15, 0.2) is 5.41 Å². The Hall–Kier alpha value is -2.74. The summed E-state index contributed by atoms with van der Waals surface area (Å²) < 4.78 is 52.4. The molecule has 0 bridgehead atoms. The van der Waals surface area contributed by atoms with E-state index in [0.29, 0.717) is 23.6 Å². The van der Waals surface area contributed by atoms with Crippen LogP contribution in [0.4, 0.5) is 13.2 Å². The highest BCUT2D eigenvalue weighted by Gasteiger charge is 2.62. The molecule has 1 amide bonds. The van der Waals surface area contributed by atoms with Crippen LogP contribution in [-0.4, -0.2) is 44.3 Å². The molecule has 0 aliphatic carbocycles. The normalized spacial score (nSPS) is 19.5. The first-order valence-electron chi connectivity index (χ1n) is 9.61. The summed E-state index contributed by atoms with van der Waals surface area (Å²) in [5, 5.41) is 2.48. The standard InChI is InChI=1S/C22H25F3N2O3/c1-29-18-9-8-17(19(12-18)30-2)13-26-20(28)21(22(23,24)25)10-11-27(15-21)14-16-6-4-3-5-7-16/h3-9,12H,10-11,13-15H2,1-2H3,(H,26,28). The highest BCUT2D eigenvalue weighted by atomic mass is 19.4. The van der Waals surface area contributed by atoms with Crippen molar-refractivity contribution in [3.8, 4) is 11.5 Å². The van der Waals surface area contributed by atoms with Gasteiger partial charge < -0.3 is 14.8 Å². The molecule has 1 aliphatic rings. The molecule has 1 N–H and O–H groups in total. The van der Waals surface area contributed by atoms with E-state index in [0.717, 1.165) is 5.56 Å². The Kier molecular flexibility index (Phi) is 6.55. The lowest BCUT2D eigenvalue weighted by Gasteiger charge is -2.30. The fraction of sp³-hybridized carbons (Fsp3) is 0.409. The SMILES string of the molecule is COc1ccc(CNC(=O)C2(C(F)(F)F)CCN(Cc3ccccc3)C2)c(OC)c1. The number of alkyl halides is 3. The van der Waals surface area contributed by atoms with E-state index in [1.807, 2.05) is 30.3 Å². The molecule has 8 heteroatoms. The first-order chi connectivity index (χ1) is 14.3. The molecule has 3 rings (SSSR count). The molecule has 1 heterocycles. The second kappa shape index (κ2) is 8.95. The molecule has 2 aromatic rings. The van der Waals surface area contributed by atoms with Gasteiger partial charge in [0.05, 0.1) is 14.2 Å². The lowest BCUT2D eigenvalue weighted by Crippen LogP contribution is -2.52. The van der Waals surface area contributed by atoms with E-state index in [1.54, 1.807) is 23.1 Å². The molecule has 1 atom stereocenters. The number of amides is 1. The number of ether oxygens (including phenoxy) is 2. The maximum atomic E-state index is 14.0. The fourth-order valence-corrected chi connectivity index (χ4v) is 3.75. The van der Waals surface area contributed by atoms with Crippen molar-refractivity contribution in [2.75, 3.05) is 27.3 Å². The Bertz CT molecular complexity index is 874. The molecule has 2 aromatic carbocycles. The van der Waals surface area contributed by atoms with E-state index in [9.17, 15) is 18.0 Å². The monoisotopic (exact) mass is 422 g/mol. The number of nitrogens with zero attached hydrogens (tertiary/aromatic N) is 1. The molecule has 5 nitrogen and oxygen atoms in total. The summed E-state index contributed by atoms with van der Waals surface area (Å²) in [7, 11) is 2.96. The van der Waals surface area contributed by atoms with E-state index in [1.165, 1.54) is 14.2 Å². The lowest BCUT2D eigenvalue weighted by molar-refractivity contribution is -0.218. The van der Waals surface area contributed by atoms with E-state index >= 15 is 0 Å². The van der Waals surface area contributed by atoms with Crippen molar-refractivity contribution in [3.05, 3.63) is 59.7 Å². The number of methoxy groups -OCH3 is 2. The zero-order valence-corrected chi connectivity index (χ0v) is 17.0. The van der Waals surface area contributed by atoms with Gasteiger partial charge in [0.1, 0.15) is 11.5 Å². The molecule has 1 fully saturated rings. The van der Waals surface area contributed by atoms with Gasteiger partial charge in [-0.3, -0.25) is 9.69 Å². The summed E-state index contributed by atoms with van der Waals surface area (Å²) in [5.41, 5.74) is -0.941. The average Bonchev–Trinajstić information content (AvgIpc) is 3.18. The molecule has 0 saturated carbocycles. The third kappa shape index (κ3) is 4.53. The summed E-state index contributed by atoms with van der Waals surface area (Å²) in [6, 6.07) is 14.2. The second-order valence-corrected chi connectivity index (χ2v) is 7.39. The van der Waals surface area contributed by atoms with Crippen LogP contribution >= 0.6 is 0 Å². The summed E-state index contributed by atoms with van der Waals surface area (Å²) in [5.74, 6) is -0.0164. The molecule has 0 aromatic heterocycles. The first-order valence-corrected chi connectivity index (χ1v) is 9.61. The predicted molar refractivity (Wildman–Crippen MR) is 106 cm³/mol. The highest BCUT2D eigenvalue weighted by molar-refractivity contribution is 5.84. The zero-order valence-electron chi connectivity index (χ0n) is 17.0. The maximum absolute atomic E-state index is 14.0. The van der Waals surface area contributed by atoms with E-state index in [2.05, 4.69) is 5.32 Å². The number of carbonyl (C=O) groups is 1. The molecule has 0 radical (unpaired) electrons. The predicted octanol–water partition coefficient (Wildman–Crippen LogP) is 3.77. The molecule has 162 valence electrons. The van der Waals surface area contributed by atoms with Gasteiger partial charge in [-0.1, -0.05) is 30.3 Å². The number of halogens is 3. The zero-order chi connectivity index (χ0) is 21.8. The number of rotatable bonds is 7. The molecular weight excluding hydrogens is 397 g/mol. The van der Waals surface area contributed by atoms with Crippen molar-refractivity contribution in [1.82, 2.24) is 10.2 Å². The fourth-order valence-electron chi connectivity index (χ4n) is 3.75. The summed E-state index contributed by atoms with van der Waals surface area (Å²) >= 11 is 0. The van der Waals surface area contributed by atoms with E-state index in [4.69, 9.17) is 9.47 Å². The van der Waals surface area contributed by atoms with Gasteiger partial charge in [-0.25, -0.2) is 0 Å². The van der Waals surface area contributed by atoms with E-state index in [-0.39, 0.29) is 26.1 Å². The van der Waals surface area contributed by atoms with Gasteiger partial charge in [-0.15, -0.1) is 0 Å². The van der Waals surface area contributed by atoms with Gasteiger partial charge in [0.2, 0.25) is 5.91 Å². The topological polar surface area (TPSA) is 50.8 Å². The number of carbonyl (C=O) groups excluding carboxylic acids is 1. The van der Waals surface area contributed by atoms with Crippen LogP contribution in [0.3, 0.4) is 0 Å². The summed E-state index contributed by atoms with van der Waals surface area (Å²) in [6.45, 7) is 0.144. The van der Waals surface area contributed by atoms with Crippen LogP contribution < -0.4 is 14.8 Å².